The van der Waals surface area contributed by atoms with E-state index >= 15 is 0 Å². The Labute approximate surface area is 95.6 Å². The van der Waals surface area contributed by atoms with Gasteiger partial charge in [-0.15, -0.1) is 0 Å². The van der Waals surface area contributed by atoms with Crippen LogP contribution in [0, 0.1) is 5.41 Å². The van der Waals surface area contributed by atoms with Crippen LogP contribution in [0.4, 0.5) is 35.1 Å². The summed E-state index contributed by atoms with van der Waals surface area (Å²) >= 11 is 0. The summed E-state index contributed by atoms with van der Waals surface area (Å²) in [7, 11) is 0. The van der Waals surface area contributed by atoms with Gasteiger partial charge in [0, 0.05) is 0 Å². The number of hydrogen-bond donors (Lipinski definition) is 1. The zero-order chi connectivity index (χ0) is 15.0. The normalized spacial score (nSPS) is 17.4. The lowest BCUT2D eigenvalue weighted by Crippen LogP contribution is -2.58. The molecule has 0 spiro atoms. The zero-order valence-corrected chi connectivity index (χ0v) is 8.79. The number of rotatable bonds is 4. The molecule has 108 valence electrons. The van der Waals surface area contributed by atoms with Crippen molar-refractivity contribution in [3.8, 4) is 0 Å². The standard InChI is InChI=1S/C8H8F8O2/c1-2-5(4(17)18,8(14,15)16)6(9,10)3-7(11,12)13/h2-3H2,1H3,(H,17,18). The van der Waals surface area contributed by atoms with E-state index in [0.29, 0.717) is 6.92 Å². The fraction of sp³-hybridized carbons (Fsp3) is 0.875. The van der Waals surface area contributed by atoms with E-state index in [4.69, 9.17) is 5.11 Å². The Kier molecular flexibility index (Phi) is 4.27. The molecule has 0 rings (SSSR count). The van der Waals surface area contributed by atoms with Crippen molar-refractivity contribution in [3.05, 3.63) is 0 Å². The molecule has 0 aromatic rings. The van der Waals surface area contributed by atoms with Gasteiger partial charge in [-0.2, -0.15) is 26.3 Å². The predicted octanol–water partition coefficient (Wildman–Crippen LogP) is 3.62. The van der Waals surface area contributed by atoms with Gasteiger partial charge in [-0.1, -0.05) is 6.92 Å². The Morgan fingerprint density at radius 2 is 1.39 bits per heavy atom. The van der Waals surface area contributed by atoms with E-state index in [9.17, 15) is 39.9 Å². The van der Waals surface area contributed by atoms with Crippen LogP contribution in [0.1, 0.15) is 19.8 Å². The molecule has 1 unspecified atom stereocenters. The quantitative estimate of drug-likeness (QED) is 0.802. The number of carbonyl (C=O) groups is 1. The highest BCUT2D eigenvalue weighted by molar-refractivity contribution is 5.77. The summed E-state index contributed by atoms with van der Waals surface area (Å²) in [5.41, 5.74) is -4.75. The second kappa shape index (κ2) is 4.54. The van der Waals surface area contributed by atoms with Gasteiger partial charge < -0.3 is 5.11 Å². The monoisotopic (exact) mass is 288 g/mol. The van der Waals surface area contributed by atoms with Gasteiger partial charge in [-0.3, -0.25) is 4.79 Å². The minimum Gasteiger partial charge on any atom is -0.480 e. The number of hydrogen-bond acceptors (Lipinski definition) is 1. The van der Waals surface area contributed by atoms with E-state index in [1.54, 1.807) is 0 Å². The molecule has 0 radical (unpaired) electrons. The zero-order valence-electron chi connectivity index (χ0n) is 8.79. The molecule has 0 aliphatic carbocycles. The highest BCUT2D eigenvalue weighted by atomic mass is 19.4. The predicted molar refractivity (Wildman–Crippen MR) is 42.0 cm³/mol. The van der Waals surface area contributed by atoms with Crippen molar-refractivity contribution in [1.29, 1.82) is 0 Å². The number of carboxylic acids is 1. The molecule has 1 N–H and O–H groups in total. The van der Waals surface area contributed by atoms with Crippen molar-refractivity contribution in [2.24, 2.45) is 5.41 Å². The van der Waals surface area contributed by atoms with Gasteiger partial charge in [-0.25, -0.2) is 8.78 Å². The van der Waals surface area contributed by atoms with Crippen LogP contribution in [-0.4, -0.2) is 29.4 Å². The van der Waals surface area contributed by atoms with Gasteiger partial charge >= 0.3 is 18.3 Å². The third kappa shape index (κ3) is 2.83. The van der Waals surface area contributed by atoms with Crippen LogP contribution < -0.4 is 0 Å². The maximum absolute atomic E-state index is 13.2. The van der Waals surface area contributed by atoms with Crippen LogP contribution in [0.2, 0.25) is 0 Å². The minimum atomic E-state index is -6.01. The maximum Gasteiger partial charge on any atom is 0.410 e. The molecule has 0 bridgehead atoms. The minimum absolute atomic E-state index is 0.436. The van der Waals surface area contributed by atoms with Gasteiger partial charge in [0.15, 0.2) is 0 Å². The summed E-state index contributed by atoms with van der Waals surface area (Å²) < 4.78 is 99.2. The lowest BCUT2D eigenvalue weighted by molar-refractivity contribution is -0.313. The van der Waals surface area contributed by atoms with Crippen LogP contribution >= 0.6 is 0 Å². The summed E-state index contributed by atoms with van der Waals surface area (Å²) in [5, 5.41) is 8.32. The summed E-state index contributed by atoms with van der Waals surface area (Å²) in [6.45, 7) is 0.436. The molecule has 0 aromatic heterocycles. The van der Waals surface area contributed by atoms with Gasteiger partial charge in [0.1, 0.15) is 6.42 Å². The first-order chi connectivity index (χ1) is 7.71. The number of aliphatic carboxylic acids is 1. The molecule has 0 aliphatic rings. The second-order valence-corrected chi connectivity index (χ2v) is 3.56. The van der Waals surface area contributed by atoms with Crippen LogP contribution in [0.3, 0.4) is 0 Å². The highest BCUT2D eigenvalue weighted by Gasteiger charge is 2.75. The van der Waals surface area contributed by atoms with Crippen molar-refractivity contribution in [3.63, 3.8) is 0 Å². The molecule has 0 saturated carbocycles. The molecular formula is C8H8F8O2. The Bertz CT molecular complexity index is 318. The van der Waals surface area contributed by atoms with E-state index in [0.717, 1.165) is 0 Å². The Morgan fingerprint density at radius 1 is 1.00 bits per heavy atom. The molecule has 0 saturated heterocycles. The third-order valence-electron chi connectivity index (χ3n) is 2.43. The van der Waals surface area contributed by atoms with Gasteiger partial charge in [0.25, 0.3) is 5.92 Å². The van der Waals surface area contributed by atoms with Crippen LogP contribution in [0.5, 0.6) is 0 Å². The fourth-order valence-corrected chi connectivity index (χ4v) is 1.50. The summed E-state index contributed by atoms with van der Waals surface area (Å²) in [6, 6.07) is 0. The van der Waals surface area contributed by atoms with Crippen LogP contribution in [0.15, 0.2) is 0 Å². The van der Waals surface area contributed by atoms with Crippen LogP contribution in [-0.2, 0) is 4.79 Å². The smallest absolute Gasteiger partial charge is 0.410 e. The van der Waals surface area contributed by atoms with E-state index in [1.807, 2.05) is 0 Å². The molecule has 18 heavy (non-hydrogen) atoms. The van der Waals surface area contributed by atoms with Gasteiger partial charge in [0.05, 0.1) is 0 Å². The molecule has 2 nitrogen and oxygen atoms in total. The Balaban J connectivity index is 5.81. The van der Waals surface area contributed by atoms with E-state index in [2.05, 4.69) is 0 Å². The first-order valence-corrected chi connectivity index (χ1v) is 4.46. The molecule has 0 heterocycles. The topological polar surface area (TPSA) is 37.3 Å². The van der Waals surface area contributed by atoms with Gasteiger partial charge in [-0.05, 0) is 6.42 Å². The largest absolute Gasteiger partial charge is 0.480 e. The molecule has 0 amide bonds. The molecule has 0 aromatic carbocycles. The second-order valence-electron chi connectivity index (χ2n) is 3.56. The Morgan fingerprint density at radius 3 is 1.56 bits per heavy atom. The Hall–Kier alpha value is -1.09. The van der Waals surface area contributed by atoms with E-state index < -0.39 is 42.5 Å². The van der Waals surface area contributed by atoms with Crippen molar-refractivity contribution >= 4 is 5.97 Å². The average molecular weight is 288 g/mol. The first kappa shape index (κ1) is 16.9. The lowest BCUT2D eigenvalue weighted by Gasteiger charge is -2.37. The summed E-state index contributed by atoms with van der Waals surface area (Å²) in [4.78, 5) is 10.5. The molecule has 1 atom stereocenters. The molecule has 0 aliphatic heterocycles. The van der Waals surface area contributed by atoms with Gasteiger partial charge in [0.2, 0.25) is 5.41 Å². The summed E-state index contributed by atoms with van der Waals surface area (Å²) in [5.74, 6) is -8.53. The SMILES string of the molecule is CCC(C(=O)O)(C(F)(F)F)C(F)(F)CC(F)(F)F. The average Bonchev–Trinajstić information content (AvgIpc) is 1.95. The van der Waals surface area contributed by atoms with E-state index in [-0.39, 0.29) is 0 Å². The first-order valence-electron chi connectivity index (χ1n) is 4.46. The number of alkyl halides is 8. The molecular weight excluding hydrogens is 280 g/mol. The maximum atomic E-state index is 13.2. The molecule has 0 fully saturated rings. The van der Waals surface area contributed by atoms with Crippen molar-refractivity contribution < 1.29 is 45.0 Å². The fourth-order valence-electron chi connectivity index (χ4n) is 1.50. The highest BCUT2D eigenvalue weighted by Crippen LogP contribution is 2.55. The van der Waals surface area contributed by atoms with Crippen molar-refractivity contribution in [2.45, 2.75) is 38.0 Å². The number of carboxylic acid groups (broad SMARTS) is 1. The third-order valence-corrected chi connectivity index (χ3v) is 2.43. The lowest BCUT2D eigenvalue weighted by atomic mass is 9.76. The summed E-state index contributed by atoms with van der Waals surface area (Å²) in [6.07, 6.45) is -16.5. The number of halogens is 8. The molecule has 10 heteroatoms. The van der Waals surface area contributed by atoms with E-state index in [1.165, 1.54) is 0 Å². The van der Waals surface area contributed by atoms with Crippen molar-refractivity contribution in [1.82, 2.24) is 0 Å². The van der Waals surface area contributed by atoms with Crippen molar-refractivity contribution in [2.75, 3.05) is 0 Å². The van der Waals surface area contributed by atoms with Crippen LogP contribution in [0.25, 0.3) is 0 Å².